The number of hydrogen-bond acceptors (Lipinski definition) is 5. The van der Waals surface area contributed by atoms with Crippen LogP contribution in [-0.2, 0) is 4.79 Å². The number of ether oxygens (including phenoxy) is 2. The van der Waals surface area contributed by atoms with E-state index in [0.717, 1.165) is 22.4 Å². The van der Waals surface area contributed by atoms with Gasteiger partial charge in [0, 0.05) is 5.56 Å². The van der Waals surface area contributed by atoms with Gasteiger partial charge in [-0.1, -0.05) is 61.5 Å². The quantitative estimate of drug-likeness (QED) is 0.442. The van der Waals surface area contributed by atoms with Crippen LogP contribution in [-0.4, -0.2) is 30.9 Å². The van der Waals surface area contributed by atoms with Gasteiger partial charge >= 0.3 is 0 Å². The lowest BCUT2D eigenvalue weighted by molar-refractivity contribution is -0.120. The Hall–Kier alpha value is -4.13. The molecule has 0 atom stereocenters. The maximum absolute atomic E-state index is 12.3. The summed E-state index contributed by atoms with van der Waals surface area (Å²) in [4.78, 5) is 24.5. The zero-order chi connectivity index (χ0) is 22.3. The molecule has 1 aliphatic rings. The van der Waals surface area contributed by atoms with Crippen LogP contribution >= 0.6 is 0 Å². The van der Waals surface area contributed by atoms with Crippen molar-refractivity contribution in [1.82, 2.24) is 10.7 Å². The molecule has 0 fully saturated rings. The van der Waals surface area contributed by atoms with Crippen LogP contribution in [0.25, 0.3) is 11.1 Å². The predicted molar refractivity (Wildman–Crippen MR) is 122 cm³/mol. The minimum absolute atomic E-state index is 0.134. The molecule has 7 nitrogen and oxygen atoms in total. The first-order chi connectivity index (χ1) is 15.6. The standard InChI is InChI=1S/C25H23N3O4/c1-2-21(19-10-8-18(9-11-19)17-6-4-3-5-7-17)27-28-24(29)15-26-25(30)20-12-13-22-23(14-20)32-16-31-22/h3-14H,2,15-16H2,1H3,(H,26,30)(H,28,29)/b27-21+. The summed E-state index contributed by atoms with van der Waals surface area (Å²) >= 11 is 0. The van der Waals surface area contributed by atoms with Gasteiger partial charge in [-0.05, 0) is 41.3 Å². The van der Waals surface area contributed by atoms with Gasteiger partial charge in [-0.25, -0.2) is 5.43 Å². The summed E-state index contributed by atoms with van der Waals surface area (Å²) in [6.45, 7) is 1.91. The molecule has 4 rings (SSSR count). The molecule has 0 saturated carbocycles. The highest BCUT2D eigenvalue weighted by Gasteiger charge is 2.16. The maximum atomic E-state index is 12.3. The lowest BCUT2D eigenvalue weighted by Gasteiger charge is -2.08. The van der Waals surface area contributed by atoms with Crippen LogP contribution in [0.5, 0.6) is 11.5 Å². The van der Waals surface area contributed by atoms with Crippen molar-refractivity contribution in [2.24, 2.45) is 5.10 Å². The number of benzene rings is 3. The van der Waals surface area contributed by atoms with E-state index in [1.807, 2.05) is 49.4 Å². The van der Waals surface area contributed by atoms with E-state index >= 15 is 0 Å². The number of carbonyl (C=O) groups is 2. The van der Waals surface area contributed by atoms with E-state index < -0.39 is 5.91 Å². The molecule has 32 heavy (non-hydrogen) atoms. The van der Waals surface area contributed by atoms with E-state index in [1.165, 1.54) is 0 Å². The SMILES string of the molecule is CC/C(=N\NC(=O)CNC(=O)c1ccc2c(c1)OCO2)c1ccc(-c2ccccc2)cc1. The largest absolute Gasteiger partial charge is 0.454 e. The first kappa shape index (κ1) is 21.1. The first-order valence-corrected chi connectivity index (χ1v) is 10.3. The zero-order valence-corrected chi connectivity index (χ0v) is 17.6. The summed E-state index contributed by atoms with van der Waals surface area (Å²) in [6, 6.07) is 23.0. The van der Waals surface area contributed by atoms with Gasteiger partial charge in [0.05, 0.1) is 12.3 Å². The minimum atomic E-state index is -0.411. The molecule has 1 aliphatic heterocycles. The van der Waals surface area contributed by atoms with Crippen LogP contribution in [0.15, 0.2) is 77.9 Å². The molecule has 0 aliphatic carbocycles. The van der Waals surface area contributed by atoms with Gasteiger partial charge in [-0.15, -0.1) is 0 Å². The van der Waals surface area contributed by atoms with Crippen LogP contribution in [0, 0.1) is 0 Å². The van der Waals surface area contributed by atoms with Crippen molar-refractivity contribution >= 4 is 17.5 Å². The van der Waals surface area contributed by atoms with E-state index in [0.29, 0.717) is 23.5 Å². The molecule has 0 bridgehead atoms. The van der Waals surface area contributed by atoms with Gasteiger partial charge in [0.2, 0.25) is 6.79 Å². The molecule has 0 aromatic heterocycles. The van der Waals surface area contributed by atoms with Gasteiger partial charge < -0.3 is 14.8 Å². The van der Waals surface area contributed by atoms with Crippen molar-refractivity contribution in [2.75, 3.05) is 13.3 Å². The fraction of sp³-hybridized carbons (Fsp3) is 0.160. The highest BCUT2D eigenvalue weighted by atomic mass is 16.7. The van der Waals surface area contributed by atoms with Crippen LogP contribution < -0.4 is 20.2 Å². The third kappa shape index (κ3) is 4.95. The number of hydrazone groups is 1. The third-order valence-corrected chi connectivity index (χ3v) is 5.02. The second kappa shape index (κ2) is 9.78. The number of carbonyl (C=O) groups excluding carboxylic acids is 2. The average molecular weight is 429 g/mol. The highest BCUT2D eigenvalue weighted by molar-refractivity contribution is 6.01. The normalized spacial score (nSPS) is 12.3. The van der Waals surface area contributed by atoms with Crippen molar-refractivity contribution in [3.63, 3.8) is 0 Å². The molecule has 0 saturated heterocycles. The molecular weight excluding hydrogens is 406 g/mol. The van der Waals surface area contributed by atoms with Crippen LogP contribution in [0.1, 0.15) is 29.3 Å². The summed E-state index contributed by atoms with van der Waals surface area (Å²) < 4.78 is 10.5. The Morgan fingerprint density at radius 3 is 2.31 bits per heavy atom. The molecule has 3 aromatic rings. The molecule has 1 heterocycles. The number of hydrogen-bond donors (Lipinski definition) is 2. The molecular formula is C25H23N3O4. The molecule has 7 heteroatoms. The van der Waals surface area contributed by atoms with Gasteiger partial charge in [0.1, 0.15) is 0 Å². The van der Waals surface area contributed by atoms with Crippen molar-refractivity contribution in [1.29, 1.82) is 0 Å². The number of amides is 2. The Labute approximate surface area is 186 Å². The second-order valence-electron chi connectivity index (χ2n) is 7.14. The molecule has 0 unspecified atom stereocenters. The Bertz CT molecular complexity index is 1140. The smallest absolute Gasteiger partial charge is 0.259 e. The Morgan fingerprint density at radius 1 is 0.875 bits per heavy atom. The monoisotopic (exact) mass is 429 g/mol. The van der Waals surface area contributed by atoms with Crippen molar-refractivity contribution in [3.8, 4) is 22.6 Å². The van der Waals surface area contributed by atoms with E-state index in [1.54, 1.807) is 18.2 Å². The number of nitrogens with zero attached hydrogens (tertiary/aromatic N) is 1. The molecule has 2 N–H and O–H groups in total. The van der Waals surface area contributed by atoms with Crippen molar-refractivity contribution < 1.29 is 19.1 Å². The van der Waals surface area contributed by atoms with Gasteiger partial charge in [-0.2, -0.15) is 5.10 Å². The van der Waals surface area contributed by atoms with E-state index in [-0.39, 0.29) is 19.2 Å². The summed E-state index contributed by atoms with van der Waals surface area (Å²) in [5.74, 6) is 0.315. The van der Waals surface area contributed by atoms with Gasteiger partial charge in [-0.3, -0.25) is 9.59 Å². The predicted octanol–water partition coefficient (Wildman–Crippen LogP) is 3.74. The summed E-state index contributed by atoms with van der Waals surface area (Å²) in [6.07, 6.45) is 0.647. The summed E-state index contributed by atoms with van der Waals surface area (Å²) in [7, 11) is 0. The lowest BCUT2D eigenvalue weighted by atomic mass is 10.0. The van der Waals surface area contributed by atoms with E-state index in [2.05, 4.69) is 28.0 Å². The van der Waals surface area contributed by atoms with E-state index in [4.69, 9.17) is 9.47 Å². The Morgan fingerprint density at radius 2 is 1.56 bits per heavy atom. The second-order valence-corrected chi connectivity index (χ2v) is 7.14. The topological polar surface area (TPSA) is 89.0 Å². The summed E-state index contributed by atoms with van der Waals surface area (Å²) in [5, 5.41) is 6.82. The Kier molecular flexibility index (Phi) is 6.46. The van der Waals surface area contributed by atoms with Crippen LogP contribution in [0.2, 0.25) is 0 Å². The number of rotatable bonds is 7. The van der Waals surface area contributed by atoms with Crippen LogP contribution in [0.4, 0.5) is 0 Å². The summed E-state index contributed by atoms with van der Waals surface area (Å²) in [5.41, 5.74) is 6.83. The van der Waals surface area contributed by atoms with E-state index in [9.17, 15) is 9.59 Å². The fourth-order valence-corrected chi connectivity index (χ4v) is 3.30. The Balaban J connectivity index is 1.33. The molecule has 3 aromatic carbocycles. The molecule has 0 spiro atoms. The third-order valence-electron chi connectivity index (χ3n) is 5.02. The van der Waals surface area contributed by atoms with Crippen molar-refractivity contribution in [3.05, 3.63) is 83.9 Å². The molecule has 0 radical (unpaired) electrons. The number of fused-ring (bicyclic) bond motifs is 1. The van der Waals surface area contributed by atoms with Crippen LogP contribution in [0.3, 0.4) is 0 Å². The minimum Gasteiger partial charge on any atom is -0.454 e. The first-order valence-electron chi connectivity index (χ1n) is 10.3. The van der Waals surface area contributed by atoms with Gasteiger partial charge in [0.15, 0.2) is 11.5 Å². The lowest BCUT2D eigenvalue weighted by Crippen LogP contribution is -2.35. The average Bonchev–Trinajstić information content (AvgIpc) is 3.32. The van der Waals surface area contributed by atoms with Crippen molar-refractivity contribution in [2.45, 2.75) is 13.3 Å². The van der Waals surface area contributed by atoms with Gasteiger partial charge in [0.25, 0.3) is 11.8 Å². The molecule has 162 valence electrons. The highest BCUT2D eigenvalue weighted by Crippen LogP contribution is 2.32. The zero-order valence-electron chi connectivity index (χ0n) is 17.6. The number of nitrogens with one attached hydrogen (secondary N) is 2. The maximum Gasteiger partial charge on any atom is 0.259 e. The molecule has 2 amide bonds. The fourth-order valence-electron chi connectivity index (χ4n) is 3.30.